The molecule has 0 saturated heterocycles. The molecule has 2 N–H and O–H groups in total. The molecule has 0 aromatic carbocycles. The summed E-state index contributed by atoms with van der Waals surface area (Å²) in [4.78, 5) is 28.7. The summed E-state index contributed by atoms with van der Waals surface area (Å²) >= 11 is 0. The average Bonchev–Trinajstić information content (AvgIpc) is 2.80. The molecule has 2 aromatic rings. The van der Waals surface area contributed by atoms with Crippen LogP contribution in [0.15, 0.2) is 10.9 Å². The number of hydrogen-bond donors (Lipinski definition) is 1. The van der Waals surface area contributed by atoms with Crippen LogP contribution in [-0.4, -0.2) is 25.2 Å². The van der Waals surface area contributed by atoms with Crippen molar-refractivity contribution in [1.82, 2.24) is 19.3 Å². The first-order valence-electron chi connectivity index (χ1n) is 7.42. The van der Waals surface area contributed by atoms with Gasteiger partial charge < -0.3 is 5.73 Å². The maximum Gasteiger partial charge on any atom is 0.258 e. The lowest BCUT2D eigenvalue weighted by molar-refractivity contribution is -0.118. The van der Waals surface area contributed by atoms with E-state index in [4.69, 9.17) is 5.73 Å². The zero-order chi connectivity index (χ0) is 15.9. The summed E-state index contributed by atoms with van der Waals surface area (Å²) < 4.78 is 2.94. The lowest BCUT2D eigenvalue weighted by Gasteiger charge is -2.19. The van der Waals surface area contributed by atoms with E-state index in [0.717, 1.165) is 36.3 Å². The predicted octanol–water partition coefficient (Wildman–Crippen LogP) is 0.410. The fourth-order valence-corrected chi connectivity index (χ4v) is 2.97. The Kier molecular flexibility index (Phi) is 3.56. The first-order valence-corrected chi connectivity index (χ1v) is 7.42. The molecular formula is C15H19N5O2. The van der Waals surface area contributed by atoms with Gasteiger partial charge in [0.2, 0.25) is 11.9 Å². The van der Waals surface area contributed by atoms with E-state index < -0.39 is 5.91 Å². The number of hydrogen-bond acceptors (Lipinski definition) is 4. The van der Waals surface area contributed by atoms with Gasteiger partial charge in [-0.1, -0.05) is 0 Å². The number of aryl methyl sites for hydroxylation is 3. The van der Waals surface area contributed by atoms with Gasteiger partial charge in [-0.25, -0.2) is 9.67 Å². The van der Waals surface area contributed by atoms with Crippen LogP contribution in [0.3, 0.4) is 0 Å². The van der Waals surface area contributed by atoms with Crippen LogP contribution in [-0.2, 0) is 24.2 Å². The molecule has 0 aliphatic heterocycles. The minimum absolute atomic E-state index is 0.175. The van der Waals surface area contributed by atoms with Gasteiger partial charge in [0.15, 0.2) is 0 Å². The molecule has 0 fully saturated rings. The summed E-state index contributed by atoms with van der Waals surface area (Å²) in [7, 11) is 0. The van der Waals surface area contributed by atoms with E-state index in [2.05, 4.69) is 10.1 Å². The van der Waals surface area contributed by atoms with Crippen molar-refractivity contribution in [1.29, 1.82) is 0 Å². The first-order chi connectivity index (χ1) is 10.5. The second-order valence-corrected chi connectivity index (χ2v) is 5.74. The maximum absolute atomic E-state index is 12.7. The van der Waals surface area contributed by atoms with Gasteiger partial charge in [0, 0.05) is 11.3 Å². The molecule has 0 spiro atoms. The molecule has 0 radical (unpaired) electrons. The van der Waals surface area contributed by atoms with Crippen molar-refractivity contribution in [2.24, 2.45) is 5.73 Å². The molecule has 1 aliphatic rings. The van der Waals surface area contributed by atoms with Gasteiger partial charge in [-0.3, -0.25) is 14.2 Å². The topological polar surface area (TPSA) is 95.8 Å². The molecule has 0 atom stereocenters. The standard InChI is InChI=1S/C15H19N5O2/c1-9-7-10(2)20(18-9)15-17-12-6-4-3-5-11(12)14(22)19(15)8-13(16)21/h7H,3-6,8H2,1-2H3,(H2,16,21). The highest BCUT2D eigenvalue weighted by atomic mass is 16.2. The van der Waals surface area contributed by atoms with Crippen molar-refractivity contribution in [3.8, 4) is 5.95 Å². The van der Waals surface area contributed by atoms with Gasteiger partial charge in [0.25, 0.3) is 5.56 Å². The molecule has 22 heavy (non-hydrogen) atoms. The SMILES string of the molecule is Cc1cc(C)n(-c2nc3c(c(=O)n2CC(N)=O)CCCC3)n1. The van der Waals surface area contributed by atoms with Gasteiger partial charge in [0.1, 0.15) is 6.54 Å². The Morgan fingerprint density at radius 1 is 1.32 bits per heavy atom. The third kappa shape index (κ3) is 2.43. The van der Waals surface area contributed by atoms with Crippen molar-refractivity contribution < 1.29 is 4.79 Å². The number of carbonyl (C=O) groups is 1. The highest BCUT2D eigenvalue weighted by Crippen LogP contribution is 2.18. The molecule has 7 nitrogen and oxygen atoms in total. The minimum atomic E-state index is -0.567. The van der Waals surface area contributed by atoms with Gasteiger partial charge in [-0.15, -0.1) is 0 Å². The van der Waals surface area contributed by atoms with Gasteiger partial charge >= 0.3 is 0 Å². The zero-order valence-electron chi connectivity index (χ0n) is 12.8. The smallest absolute Gasteiger partial charge is 0.258 e. The second-order valence-electron chi connectivity index (χ2n) is 5.74. The van der Waals surface area contributed by atoms with Crippen molar-refractivity contribution in [3.05, 3.63) is 39.1 Å². The average molecular weight is 301 g/mol. The second kappa shape index (κ2) is 5.40. The summed E-state index contributed by atoms with van der Waals surface area (Å²) in [6.45, 7) is 3.57. The highest BCUT2D eigenvalue weighted by molar-refractivity contribution is 5.73. The Morgan fingerprint density at radius 3 is 2.68 bits per heavy atom. The van der Waals surface area contributed by atoms with Crippen LogP contribution < -0.4 is 11.3 Å². The van der Waals surface area contributed by atoms with E-state index in [1.54, 1.807) is 4.68 Å². The summed E-state index contributed by atoms with van der Waals surface area (Å²) in [6, 6.07) is 1.90. The van der Waals surface area contributed by atoms with Crippen LogP contribution in [0, 0.1) is 13.8 Å². The Morgan fingerprint density at radius 2 is 2.05 bits per heavy atom. The number of nitrogens with two attached hydrogens (primary N) is 1. The Balaban J connectivity index is 2.27. The molecule has 1 amide bonds. The molecule has 0 bridgehead atoms. The Labute approximate surface area is 127 Å². The van der Waals surface area contributed by atoms with E-state index in [9.17, 15) is 9.59 Å². The number of amides is 1. The molecule has 0 saturated carbocycles. The van der Waals surface area contributed by atoms with E-state index in [1.165, 1.54) is 4.57 Å². The Bertz CT molecular complexity index is 803. The number of carbonyl (C=O) groups excluding carboxylic acids is 1. The third-order valence-corrected chi connectivity index (χ3v) is 3.93. The molecule has 1 aliphatic carbocycles. The number of aromatic nitrogens is 4. The fourth-order valence-electron chi connectivity index (χ4n) is 2.97. The molecule has 2 aromatic heterocycles. The summed E-state index contributed by atoms with van der Waals surface area (Å²) in [5, 5.41) is 4.38. The molecular weight excluding hydrogens is 282 g/mol. The molecule has 116 valence electrons. The molecule has 7 heteroatoms. The van der Waals surface area contributed by atoms with E-state index in [1.807, 2.05) is 19.9 Å². The number of rotatable bonds is 3. The lowest BCUT2D eigenvalue weighted by Crippen LogP contribution is -2.36. The van der Waals surface area contributed by atoms with Crippen LogP contribution in [0.4, 0.5) is 0 Å². The van der Waals surface area contributed by atoms with Crippen LogP contribution in [0.5, 0.6) is 0 Å². The molecule has 2 heterocycles. The van der Waals surface area contributed by atoms with E-state index in [-0.39, 0.29) is 12.1 Å². The highest BCUT2D eigenvalue weighted by Gasteiger charge is 2.22. The first kappa shape index (κ1) is 14.5. The summed E-state index contributed by atoms with van der Waals surface area (Å²) in [5.74, 6) is -0.197. The molecule has 0 unspecified atom stereocenters. The summed E-state index contributed by atoms with van der Waals surface area (Å²) in [6.07, 6.45) is 3.49. The molecule has 3 rings (SSSR count). The van der Waals surface area contributed by atoms with Crippen LogP contribution >= 0.6 is 0 Å². The number of fused-ring (bicyclic) bond motifs is 1. The van der Waals surface area contributed by atoms with Crippen molar-refractivity contribution >= 4 is 5.91 Å². The fraction of sp³-hybridized carbons (Fsp3) is 0.467. The van der Waals surface area contributed by atoms with Crippen LogP contribution in [0.2, 0.25) is 0 Å². The summed E-state index contributed by atoms with van der Waals surface area (Å²) in [5.41, 5.74) is 8.34. The minimum Gasteiger partial charge on any atom is -0.368 e. The number of primary amides is 1. The van der Waals surface area contributed by atoms with Crippen LogP contribution in [0.1, 0.15) is 35.5 Å². The third-order valence-electron chi connectivity index (χ3n) is 3.93. The Hall–Kier alpha value is -2.44. The predicted molar refractivity (Wildman–Crippen MR) is 80.9 cm³/mol. The van der Waals surface area contributed by atoms with Gasteiger partial charge in [0.05, 0.1) is 11.4 Å². The van der Waals surface area contributed by atoms with Crippen LogP contribution in [0.25, 0.3) is 5.95 Å². The largest absolute Gasteiger partial charge is 0.368 e. The zero-order valence-corrected chi connectivity index (χ0v) is 12.8. The van der Waals surface area contributed by atoms with Gasteiger partial charge in [-0.05, 0) is 45.6 Å². The van der Waals surface area contributed by atoms with E-state index >= 15 is 0 Å². The number of nitrogens with zero attached hydrogens (tertiary/aromatic N) is 4. The van der Waals surface area contributed by atoms with Crippen molar-refractivity contribution in [2.45, 2.75) is 46.1 Å². The van der Waals surface area contributed by atoms with Crippen molar-refractivity contribution in [2.75, 3.05) is 0 Å². The quantitative estimate of drug-likeness (QED) is 0.888. The maximum atomic E-state index is 12.7. The lowest BCUT2D eigenvalue weighted by atomic mass is 9.97. The van der Waals surface area contributed by atoms with E-state index in [0.29, 0.717) is 17.9 Å². The monoisotopic (exact) mass is 301 g/mol. The van der Waals surface area contributed by atoms with Crippen molar-refractivity contribution in [3.63, 3.8) is 0 Å². The normalized spacial score (nSPS) is 13.9. The van der Waals surface area contributed by atoms with Gasteiger partial charge in [-0.2, -0.15) is 5.10 Å².